The number of guanidine groups is 1. The largest absolute Gasteiger partial charge is 0.357 e. The maximum atomic E-state index is 4.66. The summed E-state index contributed by atoms with van der Waals surface area (Å²) in [6.45, 7) is 11.1. The second-order valence-electron chi connectivity index (χ2n) is 7.24. The van der Waals surface area contributed by atoms with Gasteiger partial charge in [-0.25, -0.2) is 4.99 Å². The van der Waals surface area contributed by atoms with Crippen LogP contribution in [0.3, 0.4) is 0 Å². The number of hydrogen-bond donors (Lipinski definition) is 2. The average Bonchev–Trinajstić information content (AvgIpc) is 3.15. The lowest BCUT2D eigenvalue weighted by Gasteiger charge is -2.32. The molecular weight excluding hydrogens is 288 g/mol. The SMILES string of the molecule is CCNC(=NCc1nnc(C)n1C)NCC(C)(C)C1CCCC1. The third-order valence-corrected chi connectivity index (χ3v) is 5.08. The van der Waals surface area contributed by atoms with Crippen LogP contribution in [0.2, 0.25) is 0 Å². The van der Waals surface area contributed by atoms with E-state index in [0.29, 0.717) is 12.0 Å². The molecule has 0 radical (unpaired) electrons. The van der Waals surface area contributed by atoms with E-state index in [9.17, 15) is 0 Å². The van der Waals surface area contributed by atoms with E-state index < -0.39 is 0 Å². The summed E-state index contributed by atoms with van der Waals surface area (Å²) in [7, 11) is 1.98. The third-order valence-electron chi connectivity index (χ3n) is 5.08. The van der Waals surface area contributed by atoms with Crippen LogP contribution in [0.1, 0.15) is 58.1 Å². The van der Waals surface area contributed by atoms with E-state index in [-0.39, 0.29) is 0 Å². The fourth-order valence-corrected chi connectivity index (χ4v) is 3.24. The van der Waals surface area contributed by atoms with Gasteiger partial charge in [-0.15, -0.1) is 10.2 Å². The van der Waals surface area contributed by atoms with Crippen LogP contribution in [-0.4, -0.2) is 33.8 Å². The molecule has 0 aromatic carbocycles. The molecule has 0 amide bonds. The Labute approximate surface area is 140 Å². The van der Waals surface area contributed by atoms with E-state index in [1.165, 1.54) is 25.7 Å². The van der Waals surface area contributed by atoms with Gasteiger partial charge in [-0.3, -0.25) is 0 Å². The van der Waals surface area contributed by atoms with Gasteiger partial charge >= 0.3 is 0 Å². The Kier molecular flexibility index (Phi) is 6.02. The number of aliphatic imine (C=N–C) groups is 1. The smallest absolute Gasteiger partial charge is 0.191 e. The molecule has 0 aliphatic heterocycles. The van der Waals surface area contributed by atoms with Crippen molar-refractivity contribution in [1.29, 1.82) is 0 Å². The van der Waals surface area contributed by atoms with Gasteiger partial charge in [-0.05, 0) is 38.0 Å². The monoisotopic (exact) mass is 320 g/mol. The Morgan fingerprint density at radius 2 is 1.96 bits per heavy atom. The molecule has 0 spiro atoms. The van der Waals surface area contributed by atoms with Crippen LogP contribution in [0.25, 0.3) is 0 Å². The van der Waals surface area contributed by atoms with Crippen LogP contribution >= 0.6 is 0 Å². The maximum absolute atomic E-state index is 4.66. The van der Waals surface area contributed by atoms with E-state index in [4.69, 9.17) is 0 Å². The van der Waals surface area contributed by atoms with Gasteiger partial charge in [0.15, 0.2) is 11.8 Å². The van der Waals surface area contributed by atoms with E-state index >= 15 is 0 Å². The predicted octanol–water partition coefficient (Wildman–Crippen LogP) is 2.40. The van der Waals surface area contributed by atoms with Crippen molar-refractivity contribution in [3.63, 3.8) is 0 Å². The molecule has 1 aliphatic rings. The Morgan fingerprint density at radius 3 is 2.52 bits per heavy atom. The van der Waals surface area contributed by atoms with Crippen LogP contribution < -0.4 is 10.6 Å². The molecule has 0 unspecified atom stereocenters. The molecule has 1 aromatic heterocycles. The summed E-state index contributed by atoms with van der Waals surface area (Å²) in [4.78, 5) is 4.66. The van der Waals surface area contributed by atoms with Crippen LogP contribution in [0.5, 0.6) is 0 Å². The number of nitrogens with one attached hydrogen (secondary N) is 2. The predicted molar refractivity (Wildman–Crippen MR) is 94.3 cm³/mol. The molecule has 2 rings (SSSR count). The summed E-state index contributed by atoms with van der Waals surface area (Å²) in [6.07, 6.45) is 5.49. The Bertz CT molecular complexity index is 525. The van der Waals surface area contributed by atoms with Gasteiger partial charge < -0.3 is 15.2 Å². The molecule has 6 heteroatoms. The average molecular weight is 320 g/mol. The number of hydrogen-bond acceptors (Lipinski definition) is 3. The van der Waals surface area contributed by atoms with Crippen molar-refractivity contribution in [1.82, 2.24) is 25.4 Å². The first-order valence-electron chi connectivity index (χ1n) is 8.81. The molecule has 6 nitrogen and oxygen atoms in total. The van der Waals surface area contributed by atoms with Crippen LogP contribution in [-0.2, 0) is 13.6 Å². The topological polar surface area (TPSA) is 67.1 Å². The first-order chi connectivity index (χ1) is 10.9. The van der Waals surface area contributed by atoms with Gasteiger partial charge in [0.1, 0.15) is 12.4 Å². The van der Waals surface area contributed by atoms with Gasteiger partial charge in [-0.1, -0.05) is 26.7 Å². The Hall–Kier alpha value is -1.59. The lowest BCUT2D eigenvalue weighted by molar-refractivity contribution is 0.218. The van der Waals surface area contributed by atoms with Gasteiger partial charge in [-0.2, -0.15) is 0 Å². The molecule has 1 fully saturated rings. The molecule has 0 bridgehead atoms. The van der Waals surface area contributed by atoms with Crippen molar-refractivity contribution in [2.24, 2.45) is 23.4 Å². The van der Waals surface area contributed by atoms with Crippen LogP contribution in [0, 0.1) is 18.3 Å². The minimum absolute atomic E-state index is 0.300. The molecule has 0 saturated heterocycles. The first kappa shape index (κ1) is 17.8. The molecule has 1 aliphatic carbocycles. The summed E-state index contributed by atoms with van der Waals surface area (Å²) in [5.41, 5.74) is 0.300. The molecular formula is C17H32N6. The summed E-state index contributed by atoms with van der Waals surface area (Å²) in [5.74, 6) is 3.48. The van der Waals surface area contributed by atoms with E-state index in [0.717, 1.165) is 36.6 Å². The highest BCUT2D eigenvalue weighted by atomic mass is 15.3. The molecule has 130 valence electrons. The van der Waals surface area contributed by atoms with Crippen molar-refractivity contribution in [3.05, 3.63) is 11.6 Å². The van der Waals surface area contributed by atoms with Crippen LogP contribution in [0.15, 0.2) is 4.99 Å². The van der Waals surface area contributed by atoms with Crippen molar-refractivity contribution in [3.8, 4) is 0 Å². The molecule has 23 heavy (non-hydrogen) atoms. The lowest BCUT2D eigenvalue weighted by Crippen LogP contribution is -2.44. The highest BCUT2D eigenvalue weighted by molar-refractivity contribution is 5.79. The molecule has 0 atom stereocenters. The third kappa shape index (κ3) is 4.69. The number of rotatable bonds is 6. The van der Waals surface area contributed by atoms with E-state index in [2.05, 4.69) is 46.6 Å². The molecule has 2 N–H and O–H groups in total. The number of nitrogens with zero attached hydrogens (tertiary/aromatic N) is 4. The summed E-state index contributed by atoms with van der Waals surface area (Å²) in [6, 6.07) is 0. The maximum Gasteiger partial charge on any atom is 0.191 e. The fourth-order valence-electron chi connectivity index (χ4n) is 3.24. The quantitative estimate of drug-likeness (QED) is 0.624. The summed E-state index contributed by atoms with van der Waals surface area (Å²) in [5, 5.41) is 15.1. The standard InChI is InChI=1S/C17H32N6/c1-6-18-16(19-11-15-22-21-13(2)23(15)5)20-12-17(3,4)14-9-7-8-10-14/h14H,6-12H2,1-5H3,(H2,18,19,20). The van der Waals surface area contributed by atoms with Crippen LogP contribution in [0.4, 0.5) is 0 Å². The zero-order valence-corrected chi connectivity index (χ0v) is 15.3. The highest BCUT2D eigenvalue weighted by Crippen LogP contribution is 2.38. The normalized spacial score (nSPS) is 16.8. The Balaban J connectivity index is 1.94. The zero-order chi connectivity index (χ0) is 16.9. The molecule has 1 saturated carbocycles. The van der Waals surface area contributed by atoms with Crippen molar-refractivity contribution < 1.29 is 0 Å². The summed E-state index contributed by atoms with van der Waals surface area (Å²) < 4.78 is 1.98. The second kappa shape index (κ2) is 7.79. The van der Waals surface area contributed by atoms with Gasteiger partial charge in [0.05, 0.1) is 0 Å². The minimum Gasteiger partial charge on any atom is -0.357 e. The zero-order valence-electron chi connectivity index (χ0n) is 15.3. The van der Waals surface area contributed by atoms with Gasteiger partial charge in [0.25, 0.3) is 0 Å². The Morgan fingerprint density at radius 1 is 1.26 bits per heavy atom. The highest BCUT2D eigenvalue weighted by Gasteiger charge is 2.31. The summed E-state index contributed by atoms with van der Waals surface area (Å²) >= 11 is 0. The van der Waals surface area contributed by atoms with Gasteiger partial charge in [0, 0.05) is 20.1 Å². The van der Waals surface area contributed by atoms with Gasteiger partial charge in [0.2, 0.25) is 0 Å². The molecule has 1 aromatic rings. The first-order valence-corrected chi connectivity index (χ1v) is 8.81. The van der Waals surface area contributed by atoms with Crippen molar-refractivity contribution in [2.45, 2.75) is 59.9 Å². The lowest BCUT2D eigenvalue weighted by atomic mass is 9.78. The second-order valence-corrected chi connectivity index (χ2v) is 7.24. The van der Waals surface area contributed by atoms with Crippen molar-refractivity contribution in [2.75, 3.05) is 13.1 Å². The van der Waals surface area contributed by atoms with E-state index in [1.54, 1.807) is 0 Å². The fraction of sp³-hybridized carbons (Fsp3) is 0.824. The number of aromatic nitrogens is 3. The number of aryl methyl sites for hydroxylation is 1. The van der Waals surface area contributed by atoms with Crippen molar-refractivity contribution >= 4 is 5.96 Å². The van der Waals surface area contributed by atoms with E-state index in [1.807, 2.05) is 18.5 Å². The molecule has 1 heterocycles. The minimum atomic E-state index is 0.300.